The average Bonchev–Trinajstić information content (AvgIpc) is 2.48. The van der Waals surface area contributed by atoms with E-state index in [4.69, 9.17) is 0 Å². The minimum absolute atomic E-state index is 0.127. The van der Waals surface area contributed by atoms with Crippen LogP contribution in [-0.4, -0.2) is 33.2 Å². The fourth-order valence-corrected chi connectivity index (χ4v) is 3.64. The molecule has 0 aliphatic heterocycles. The summed E-state index contributed by atoms with van der Waals surface area (Å²) in [6, 6.07) is 7.01. The molecule has 1 aliphatic rings. The molecule has 0 saturated heterocycles. The lowest BCUT2D eigenvalue weighted by Crippen LogP contribution is -2.35. The van der Waals surface area contributed by atoms with Crippen molar-refractivity contribution in [1.29, 1.82) is 0 Å². The van der Waals surface area contributed by atoms with Crippen molar-refractivity contribution in [2.45, 2.75) is 36.6 Å². The van der Waals surface area contributed by atoms with Gasteiger partial charge >= 0.3 is 0 Å². The molecule has 1 saturated carbocycles. The average molecular weight is 298 g/mol. The maximum absolute atomic E-state index is 12.0. The van der Waals surface area contributed by atoms with Gasteiger partial charge in [0, 0.05) is 18.6 Å². The van der Waals surface area contributed by atoms with Crippen molar-refractivity contribution in [2.24, 2.45) is 5.92 Å². The second-order valence-electron chi connectivity index (χ2n) is 5.18. The first-order chi connectivity index (χ1) is 9.58. The maximum Gasteiger partial charge on any atom is 0.242 e. The van der Waals surface area contributed by atoms with Crippen LogP contribution in [0, 0.1) is 5.92 Å². The van der Waals surface area contributed by atoms with Crippen LogP contribution in [0.3, 0.4) is 0 Å². The lowest BCUT2D eigenvalue weighted by molar-refractivity contribution is 0.178. The number of hydrogen-bond donors (Lipinski definition) is 3. The number of aliphatic hydroxyl groups is 1. The predicted octanol–water partition coefficient (Wildman–Crippen LogP) is 1.56. The number of aliphatic hydroxyl groups excluding tert-OH is 1. The normalized spacial score (nSPS) is 23.5. The molecule has 112 valence electrons. The first kappa shape index (κ1) is 15.3. The van der Waals surface area contributed by atoms with Gasteiger partial charge in [-0.1, -0.05) is 25.0 Å². The van der Waals surface area contributed by atoms with Gasteiger partial charge in [-0.3, -0.25) is 0 Å². The highest BCUT2D eigenvalue weighted by molar-refractivity contribution is 7.89. The van der Waals surface area contributed by atoms with Crippen molar-refractivity contribution in [1.82, 2.24) is 4.72 Å². The Hall–Kier alpha value is -1.11. The Kier molecular flexibility index (Phi) is 5.01. The summed E-state index contributed by atoms with van der Waals surface area (Å²) in [6.45, 7) is 0.138. The summed E-state index contributed by atoms with van der Waals surface area (Å²) in [5, 5.41) is 12.8. The highest BCUT2D eigenvalue weighted by atomic mass is 32.2. The standard InChI is InChI=1S/C14H22N2O3S/c1-15-20(18,19)14-9-5-4-8-13(14)16-12-7-3-2-6-11(12)10-17/h4-5,8-9,11-12,15-17H,2-3,6-7,10H2,1H3. The topological polar surface area (TPSA) is 78.4 Å². The molecule has 0 heterocycles. The van der Waals surface area contributed by atoms with Crippen molar-refractivity contribution in [2.75, 3.05) is 19.0 Å². The number of rotatable bonds is 5. The van der Waals surface area contributed by atoms with Gasteiger partial charge in [0.15, 0.2) is 0 Å². The van der Waals surface area contributed by atoms with Gasteiger partial charge in [0.1, 0.15) is 4.90 Å². The molecule has 6 heteroatoms. The van der Waals surface area contributed by atoms with Crippen molar-refractivity contribution in [3.8, 4) is 0 Å². The molecule has 1 fully saturated rings. The fourth-order valence-electron chi connectivity index (χ4n) is 2.75. The Morgan fingerprint density at radius 2 is 1.95 bits per heavy atom. The molecule has 0 radical (unpaired) electrons. The van der Waals surface area contributed by atoms with E-state index in [9.17, 15) is 13.5 Å². The smallest absolute Gasteiger partial charge is 0.242 e. The van der Waals surface area contributed by atoms with Crippen LogP contribution in [0.4, 0.5) is 5.69 Å². The number of sulfonamides is 1. The Morgan fingerprint density at radius 3 is 2.65 bits per heavy atom. The molecule has 5 nitrogen and oxygen atoms in total. The van der Waals surface area contributed by atoms with Crippen LogP contribution in [0.1, 0.15) is 25.7 Å². The molecule has 20 heavy (non-hydrogen) atoms. The molecule has 0 aromatic heterocycles. The van der Waals surface area contributed by atoms with Crippen LogP contribution >= 0.6 is 0 Å². The van der Waals surface area contributed by atoms with Gasteiger partial charge in [-0.25, -0.2) is 13.1 Å². The maximum atomic E-state index is 12.0. The molecule has 1 aromatic carbocycles. The Bertz CT molecular complexity index is 545. The zero-order valence-corrected chi connectivity index (χ0v) is 12.5. The zero-order valence-electron chi connectivity index (χ0n) is 11.7. The van der Waals surface area contributed by atoms with Crippen LogP contribution < -0.4 is 10.0 Å². The number of anilines is 1. The van der Waals surface area contributed by atoms with Crippen molar-refractivity contribution >= 4 is 15.7 Å². The van der Waals surface area contributed by atoms with Crippen LogP contribution in [0.25, 0.3) is 0 Å². The highest BCUT2D eigenvalue weighted by Crippen LogP contribution is 2.29. The monoisotopic (exact) mass is 298 g/mol. The summed E-state index contributed by atoms with van der Waals surface area (Å²) < 4.78 is 26.4. The number of benzene rings is 1. The molecule has 2 unspecified atom stereocenters. The van der Waals surface area contributed by atoms with Crippen molar-refractivity contribution in [3.63, 3.8) is 0 Å². The second-order valence-corrected chi connectivity index (χ2v) is 7.04. The van der Waals surface area contributed by atoms with E-state index in [1.165, 1.54) is 7.05 Å². The lowest BCUT2D eigenvalue weighted by atomic mass is 9.85. The first-order valence-electron chi connectivity index (χ1n) is 6.98. The Balaban J connectivity index is 2.25. The molecule has 3 N–H and O–H groups in total. The molecule has 2 rings (SSSR count). The van der Waals surface area contributed by atoms with Crippen LogP contribution in [-0.2, 0) is 10.0 Å². The minimum Gasteiger partial charge on any atom is -0.396 e. The van der Waals surface area contributed by atoms with Gasteiger partial charge < -0.3 is 10.4 Å². The van der Waals surface area contributed by atoms with E-state index in [1.807, 2.05) is 6.07 Å². The third kappa shape index (κ3) is 3.31. The number of hydrogen-bond acceptors (Lipinski definition) is 4. The second kappa shape index (κ2) is 6.56. The number of para-hydroxylation sites is 1. The van der Waals surface area contributed by atoms with Gasteiger partial charge in [-0.05, 0) is 32.0 Å². The van der Waals surface area contributed by atoms with E-state index in [-0.39, 0.29) is 23.5 Å². The molecular formula is C14H22N2O3S. The van der Waals surface area contributed by atoms with E-state index in [1.54, 1.807) is 18.2 Å². The van der Waals surface area contributed by atoms with Crippen LogP contribution in [0.15, 0.2) is 29.2 Å². The molecule has 0 bridgehead atoms. The summed E-state index contributed by atoms with van der Waals surface area (Å²) >= 11 is 0. The molecular weight excluding hydrogens is 276 g/mol. The largest absolute Gasteiger partial charge is 0.396 e. The van der Waals surface area contributed by atoms with E-state index in [2.05, 4.69) is 10.0 Å². The quantitative estimate of drug-likeness (QED) is 0.771. The van der Waals surface area contributed by atoms with Gasteiger partial charge in [0.05, 0.1) is 5.69 Å². The van der Waals surface area contributed by atoms with E-state index in [0.29, 0.717) is 5.69 Å². The fraction of sp³-hybridized carbons (Fsp3) is 0.571. The molecule has 0 spiro atoms. The van der Waals surface area contributed by atoms with Crippen molar-refractivity contribution < 1.29 is 13.5 Å². The molecule has 1 aromatic rings. The zero-order chi connectivity index (χ0) is 14.6. The van der Waals surface area contributed by atoms with Gasteiger partial charge in [0.2, 0.25) is 10.0 Å². The minimum atomic E-state index is -3.48. The number of nitrogens with one attached hydrogen (secondary N) is 2. The Labute approximate surface area is 120 Å². The van der Waals surface area contributed by atoms with Gasteiger partial charge in [0.25, 0.3) is 0 Å². The summed E-state index contributed by atoms with van der Waals surface area (Å²) in [6.07, 6.45) is 4.17. The lowest BCUT2D eigenvalue weighted by Gasteiger charge is -2.32. The van der Waals surface area contributed by atoms with Crippen molar-refractivity contribution in [3.05, 3.63) is 24.3 Å². The van der Waals surface area contributed by atoms with Crippen LogP contribution in [0.5, 0.6) is 0 Å². The van der Waals surface area contributed by atoms with Gasteiger partial charge in [-0.15, -0.1) is 0 Å². The third-order valence-electron chi connectivity index (χ3n) is 3.93. The van der Waals surface area contributed by atoms with Gasteiger partial charge in [-0.2, -0.15) is 0 Å². The highest BCUT2D eigenvalue weighted by Gasteiger charge is 2.26. The molecule has 0 amide bonds. The van der Waals surface area contributed by atoms with E-state index in [0.717, 1.165) is 25.7 Å². The summed E-state index contributed by atoms with van der Waals surface area (Å²) in [5.41, 5.74) is 0.604. The summed E-state index contributed by atoms with van der Waals surface area (Å²) in [4.78, 5) is 0.254. The van der Waals surface area contributed by atoms with E-state index >= 15 is 0 Å². The van der Waals surface area contributed by atoms with E-state index < -0.39 is 10.0 Å². The SMILES string of the molecule is CNS(=O)(=O)c1ccccc1NC1CCCCC1CO. The molecule has 1 aliphatic carbocycles. The first-order valence-corrected chi connectivity index (χ1v) is 8.47. The summed E-state index contributed by atoms with van der Waals surface area (Å²) in [5.74, 6) is 0.189. The summed E-state index contributed by atoms with van der Waals surface area (Å²) in [7, 11) is -2.07. The predicted molar refractivity (Wildman–Crippen MR) is 79.1 cm³/mol. The Morgan fingerprint density at radius 1 is 1.25 bits per heavy atom. The molecule has 2 atom stereocenters. The third-order valence-corrected chi connectivity index (χ3v) is 5.40. The van der Waals surface area contributed by atoms with Crippen LogP contribution in [0.2, 0.25) is 0 Å².